The van der Waals surface area contributed by atoms with Crippen molar-refractivity contribution in [3.8, 4) is 5.75 Å². The lowest BCUT2D eigenvalue weighted by atomic mass is 10.1. The van der Waals surface area contributed by atoms with Crippen molar-refractivity contribution in [3.63, 3.8) is 0 Å². The molecule has 0 saturated heterocycles. The molecule has 28 heavy (non-hydrogen) atoms. The minimum Gasteiger partial charge on any atom is -0.495 e. The number of para-hydroxylation sites is 1. The molecule has 0 atom stereocenters. The van der Waals surface area contributed by atoms with Gasteiger partial charge in [-0.05, 0) is 42.7 Å². The summed E-state index contributed by atoms with van der Waals surface area (Å²) in [4.78, 5) is 12.4. The predicted molar refractivity (Wildman–Crippen MR) is 114 cm³/mol. The standard InChI is InChI=1S/C20H25BrN2O4S/c1-15(2)11-12-22-20(24)14-23(17-7-5-4-6-8-17)28(25,26)19-13-16(21)9-10-18(19)27-3/h4-10,13,15H,11-12,14H2,1-3H3,(H,22,24). The number of sulfonamides is 1. The summed E-state index contributed by atoms with van der Waals surface area (Å²) < 4.78 is 33.8. The molecule has 0 radical (unpaired) electrons. The average Bonchev–Trinajstić information content (AvgIpc) is 2.66. The Hall–Kier alpha value is -2.06. The van der Waals surface area contributed by atoms with Crippen LogP contribution in [0.1, 0.15) is 20.3 Å². The molecule has 0 heterocycles. The average molecular weight is 469 g/mol. The Morgan fingerprint density at radius 1 is 1.18 bits per heavy atom. The van der Waals surface area contributed by atoms with Crippen LogP contribution in [-0.4, -0.2) is 34.5 Å². The summed E-state index contributed by atoms with van der Waals surface area (Å²) in [5.74, 6) is 0.298. The van der Waals surface area contributed by atoms with Crippen LogP contribution in [-0.2, 0) is 14.8 Å². The number of carbonyl (C=O) groups excluding carboxylic acids is 1. The van der Waals surface area contributed by atoms with Gasteiger partial charge in [0.15, 0.2) is 0 Å². The molecule has 0 bridgehead atoms. The van der Waals surface area contributed by atoms with Gasteiger partial charge in [0.2, 0.25) is 5.91 Å². The van der Waals surface area contributed by atoms with Crippen LogP contribution in [0.5, 0.6) is 5.75 Å². The number of methoxy groups -OCH3 is 1. The molecule has 6 nitrogen and oxygen atoms in total. The molecule has 0 saturated carbocycles. The third-order valence-electron chi connectivity index (χ3n) is 4.07. The van der Waals surface area contributed by atoms with Crippen molar-refractivity contribution in [2.45, 2.75) is 25.2 Å². The summed E-state index contributed by atoms with van der Waals surface area (Å²) in [6, 6.07) is 13.3. The van der Waals surface area contributed by atoms with Gasteiger partial charge in [-0.3, -0.25) is 9.10 Å². The second-order valence-electron chi connectivity index (χ2n) is 6.67. The van der Waals surface area contributed by atoms with E-state index in [1.807, 2.05) is 0 Å². The van der Waals surface area contributed by atoms with Crippen LogP contribution in [0.2, 0.25) is 0 Å². The van der Waals surface area contributed by atoms with Crippen molar-refractivity contribution in [2.75, 3.05) is 24.5 Å². The maximum absolute atomic E-state index is 13.4. The topological polar surface area (TPSA) is 75.7 Å². The van der Waals surface area contributed by atoms with Crippen molar-refractivity contribution in [1.29, 1.82) is 0 Å². The Morgan fingerprint density at radius 3 is 2.46 bits per heavy atom. The van der Waals surface area contributed by atoms with E-state index < -0.39 is 10.0 Å². The van der Waals surface area contributed by atoms with Crippen molar-refractivity contribution in [2.24, 2.45) is 5.92 Å². The lowest BCUT2D eigenvalue weighted by Crippen LogP contribution is -2.41. The SMILES string of the molecule is COc1ccc(Br)cc1S(=O)(=O)N(CC(=O)NCCC(C)C)c1ccccc1. The van der Waals surface area contributed by atoms with Gasteiger partial charge in [0, 0.05) is 11.0 Å². The largest absolute Gasteiger partial charge is 0.495 e. The molecule has 2 rings (SSSR count). The summed E-state index contributed by atoms with van der Waals surface area (Å²) in [7, 11) is -2.63. The Morgan fingerprint density at radius 2 is 1.86 bits per heavy atom. The number of carbonyl (C=O) groups is 1. The Balaban J connectivity index is 2.39. The quantitative estimate of drug-likeness (QED) is 0.606. The third kappa shape index (κ3) is 5.72. The summed E-state index contributed by atoms with van der Waals surface area (Å²) in [6.07, 6.45) is 0.823. The van der Waals surface area contributed by atoms with Gasteiger partial charge >= 0.3 is 0 Å². The van der Waals surface area contributed by atoms with Crippen LogP contribution in [0.3, 0.4) is 0 Å². The zero-order valence-corrected chi connectivity index (χ0v) is 18.6. The van der Waals surface area contributed by atoms with Gasteiger partial charge in [-0.1, -0.05) is 48.0 Å². The molecule has 0 aliphatic carbocycles. The number of nitrogens with zero attached hydrogens (tertiary/aromatic N) is 1. The first kappa shape index (κ1) is 22.2. The summed E-state index contributed by atoms with van der Waals surface area (Å²) >= 11 is 3.30. The minimum absolute atomic E-state index is 0.0109. The zero-order valence-electron chi connectivity index (χ0n) is 16.2. The van der Waals surface area contributed by atoms with Crippen LogP contribution in [0.25, 0.3) is 0 Å². The number of halogens is 1. The highest BCUT2D eigenvalue weighted by Gasteiger charge is 2.30. The number of anilines is 1. The molecular weight excluding hydrogens is 444 g/mol. The zero-order chi connectivity index (χ0) is 20.7. The maximum Gasteiger partial charge on any atom is 0.268 e. The Bertz CT molecular complexity index is 902. The van der Waals surface area contributed by atoms with E-state index in [4.69, 9.17) is 4.74 Å². The third-order valence-corrected chi connectivity index (χ3v) is 6.36. The number of ether oxygens (including phenoxy) is 1. The molecule has 1 amide bonds. The minimum atomic E-state index is -4.04. The van der Waals surface area contributed by atoms with E-state index >= 15 is 0 Å². The van der Waals surface area contributed by atoms with Crippen molar-refractivity contribution >= 4 is 37.5 Å². The molecule has 2 aromatic carbocycles. The second kappa shape index (κ2) is 9.93. The summed E-state index contributed by atoms with van der Waals surface area (Å²) in [6.45, 7) is 4.30. The summed E-state index contributed by atoms with van der Waals surface area (Å²) in [5.41, 5.74) is 0.406. The highest BCUT2D eigenvalue weighted by molar-refractivity contribution is 9.10. The molecule has 0 aliphatic heterocycles. The Labute approximate surface area is 175 Å². The van der Waals surface area contributed by atoms with Crippen molar-refractivity contribution in [1.82, 2.24) is 5.32 Å². The van der Waals surface area contributed by atoms with Gasteiger partial charge in [0.05, 0.1) is 12.8 Å². The number of hydrogen-bond acceptors (Lipinski definition) is 4. The molecule has 0 unspecified atom stereocenters. The normalized spacial score (nSPS) is 11.3. The highest BCUT2D eigenvalue weighted by Crippen LogP contribution is 2.32. The molecular formula is C20H25BrN2O4S. The number of rotatable bonds is 9. The lowest BCUT2D eigenvalue weighted by molar-refractivity contribution is -0.119. The first-order chi connectivity index (χ1) is 13.3. The van der Waals surface area contributed by atoms with Crippen LogP contribution in [0.15, 0.2) is 57.9 Å². The fourth-order valence-corrected chi connectivity index (χ4v) is 4.68. The maximum atomic E-state index is 13.4. The van der Waals surface area contributed by atoms with Gasteiger partial charge in [-0.25, -0.2) is 8.42 Å². The van der Waals surface area contributed by atoms with Crippen LogP contribution in [0.4, 0.5) is 5.69 Å². The highest BCUT2D eigenvalue weighted by atomic mass is 79.9. The van der Waals surface area contributed by atoms with Crippen LogP contribution in [0, 0.1) is 5.92 Å². The molecule has 1 N–H and O–H groups in total. The second-order valence-corrected chi connectivity index (χ2v) is 9.42. The van der Waals surface area contributed by atoms with Gasteiger partial charge in [-0.2, -0.15) is 0 Å². The molecule has 0 spiro atoms. The fraction of sp³-hybridized carbons (Fsp3) is 0.350. The van der Waals surface area contributed by atoms with Crippen molar-refractivity contribution in [3.05, 3.63) is 53.0 Å². The van der Waals surface area contributed by atoms with E-state index in [1.165, 1.54) is 13.2 Å². The van der Waals surface area contributed by atoms with E-state index in [-0.39, 0.29) is 23.1 Å². The molecule has 8 heteroatoms. The number of amides is 1. The van der Waals surface area contributed by atoms with Crippen molar-refractivity contribution < 1.29 is 17.9 Å². The lowest BCUT2D eigenvalue weighted by Gasteiger charge is -2.25. The fourth-order valence-electron chi connectivity index (χ4n) is 2.57. The summed E-state index contributed by atoms with van der Waals surface area (Å²) in [5, 5.41) is 2.79. The number of hydrogen-bond donors (Lipinski definition) is 1. The van der Waals surface area contributed by atoms with E-state index in [2.05, 4.69) is 35.1 Å². The molecule has 0 fully saturated rings. The molecule has 2 aromatic rings. The predicted octanol–water partition coefficient (Wildman–Crippen LogP) is 3.82. The van der Waals surface area contributed by atoms with E-state index in [1.54, 1.807) is 42.5 Å². The van der Waals surface area contributed by atoms with Crippen LogP contribution < -0.4 is 14.4 Å². The number of benzene rings is 2. The van der Waals surface area contributed by atoms with Gasteiger partial charge in [0.1, 0.15) is 17.2 Å². The number of nitrogens with one attached hydrogen (secondary N) is 1. The van der Waals surface area contributed by atoms with Gasteiger partial charge < -0.3 is 10.1 Å². The molecule has 0 aliphatic rings. The molecule has 0 aromatic heterocycles. The smallest absolute Gasteiger partial charge is 0.268 e. The molecule has 152 valence electrons. The van der Waals surface area contributed by atoms with E-state index in [0.29, 0.717) is 22.6 Å². The van der Waals surface area contributed by atoms with E-state index in [0.717, 1.165) is 10.7 Å². The monoisotopic (exact) mass is 468 g/mol. The first-order valence-electron chi connectivity index (χ1n) is 8.93. The van der Waals surface area contributed by atoms with Crippen LogP contribution >= 0.6 is 15.9 Å². The first-order valence-corrected chi connectivity index (χ1v) is 11.2. The van der Waals surface area contributed by atoms with E-state index in [9.17, 15) is 13.2 Å². The van der Waals surface area contributed by atoms with Gasteiger partial charge in [0.25, 0.3) is 10.0 Å². The Kier molecular flexibility index (Phi) is 7.88. The van der Waals surface area contributed by atoms with Gasteiger partial charge in [-0.15, -0.1) is 0 Å².